The predicted octanol–water partition coefficient (Wildman–Crippen LogP) is 4.88. The largest absolute Gasteiger partial charge is 0.460 e. The van der Waals surface area contributed by atoms with Crippen molar-refractivity contribution in [3.63, 3.8) is 0 Å². The predicted molar refractivity (Wildman–Crippen MR) is 218 cm³/mol. The van der Waals surface area contributed by atoms with Crippen LogP contribution < -0.4 is 34.0 Å². The molecule has 0 aliphatic heterocycles. The number of fused-ring (bicyclic) bond motifs is 1. The molecule has 0 radical (unpaired) electrons. The van der Waals surface area contributed by atoms with Gasteiger partial charge in [0.1, 0.15) is 6.61 Å². The highest BCUT2D eigenvalue weighted by molar-refractivity contribution is 5.92. The summed E-state index contributed by atoms with van der Waals surface area (Å²) < 4.78 is 5.91. The Bertz CT molecular complexity index is 1730. The molecule has 12 N–H and O–H groups in total. The molecule has 53 heavy (non-hydrogen) atoms. The number of hydrogen-bond acceptors (Lipinski definition) is 6. The van der Waals surface area contributed by atoms with E-state index in [2.05, 4.69) is 94.7 Å². The van der Waals surface area contributed by atoms with Crippen molar-refractivity contribution >= 4 is 34.7 Å². The highest BCUT2D eigenvalue weighted by Crippen LogP contribution is 2.41. The number of aliphatic imine (C=N–C) groups is 2. The Morgan fingerprint density at radius 2 is 1.38 bits per heavy atom. The van der Waals surface area contributed by atoms with Crippen LogP contribution in [0.3, 0.4) is 0 Å². The quantitative estimate of drug-likeness (QED) is 0.0464. The molecule has 2 aromatic carbocycles. The Balaban J connectivity index is 2.00. The fourth-order valence-electron chi connectivity index (χ4n) is 6.68. The molecule has 1 heterocycles. The number of aromatic nitrogens is 1. The van der Waals surface area contributed by atoms with Crippen molar-refractivity contribution in [3.8, 4) is 0 Å². The number of amides is 1. The Labute approximate surface area is 316 Å². The Hall–Kier alpha value is -4.58. The molecule has 0 fully saturated rings. The fourth-order valence-corrected chi connectivity index (χ4v) is 6.68. The lowest BCUT2D eigenvalue weighted by atomic mass is 9.77. The standard InChI is InChI=1S/C41H65N9O3/c1-38(2,3)27-21-29(39(4,5)6)32-28(33(40(7,8)9)50-31(32)22-27)23-30(42)34(51)49-25-41(17-13-19-47-36(43)44,18-14-20-48-37(45)46)35(52)53-24-26-15-11-10-12-16-26/h10-12,15-16,21-22,30,50H,13-14,17-20,23-25,42H2,1-9H3,(H,49,51)(H4,43,44,47)(H4,45,46,48). The minimum Gasteiger partial charge on any atom is -0.460 e. The van der Waals surface area contributed by atoms with Crippen molar-refractivity contribution in [2.45, 2.75) is 123 Å². The molecule has 0 aliphatic carbocycles. The third kappa shape index (κ3) is 12.0. The molecule has 12 nitrogen and oxygen atoms in total. The number of rotatable bonds is 16. The van der Waals surface area contributed by atoms with E-state index >= 15 is 0 Å². The summed E-state index contributed by atoms with van der Waals surface area (Å²) in [6.07, 6.45) is 1.93. The molecule has 292 valence electrons. The average Bonchev–Trinajstić information content (AvgIpc) is 3.43. The van der Waals surface area contributed by atoms with Crippen LogP contribution in [0.2, 0.25) is 0 Å². The van der Waals surface area contributed by atoms with Gasteiger partial charge in [-0.25, -0.2) is 0 Å². The zero-order chi connectivity index (χ0) is 39.8. The van der Waals surface area contributed by atoms with Crippen molar-refractivity contribution in [1.29, 1.82) is 0 Å². The zero-order valence-corrected chi connectivity index (χ0v) is 33.5. The monoisotopic (exact) mass is 732 g/mol. The van der Waals surface area contributed by atoms with E-state index in [1.165, 1.54) is 11.1 Å². The number of benzene rings is 2. The van der Waals surface area contributed by atoms with Crippen LogP contribution in [0.25, 0.3) is 10.9 Å². The van der Waals surface area contributed by atoms with Crippen LogP contribution in [-0.2, 0) is 43.6 Å². The van der Waals surface area contributed by atoms with Gasteiger partial charge in [-0.1, -0.05) is 98.7 Å². The van der Waals surface area contributed by atoms with Crippen molar-refractivity contribution in [2.75, 3.05) is 19.6 Å². The summed E-state index contributed by atoms with van der Waals surface area (Å²) in [4.78, 5) is 40.1. The number of carbonyl (C=O) groups is 2. The smallest absolute Gasteiger partial charge is 0.314 e. The second-order valence-electron chi connectivity index (χ2n) is 17.4. The van der Waals surface area contributed by atoms with E-state index in [1.807, 2.05) is 30.3 Å². The Morgan fingerprint density at radius 3 is 1.87 bits per heavy atom. The second kappa shape index (κ2) is 17.5. The third-order valence-corrected chi connectivity index (χ3v) is 9.65. The summed E-state index contributed by atoms with van der Waals surface area (Å²) in [5.41, 5.74) is 33.9. The van der Waals surface area contributed by atoms with Crippen LogP contribution in [0.15, 0.2) is 52.4 Å². The number of carbonyl (C=O) groups excluding carboxylic acids is 2. The maximum absolute atomic E-state index is 14.1. The molecule has 1 aromatic heterocycles. The highest BCUT2D eigenvalue weighted by Gasteiger charge is 2.40. The first-order chi connectivity index (χ1) is 24.5. The van der Waals surface area contributed by atoms with Gasteiger partial charge in [0.15, 0.2) is 11.9 Å². The van der Waals surface area contributed by atoms with Crippen molar-refractivity contribution in [2.24, 2.45) is 44.1 Å². The van der Waals surface area contributed by atoms with E-state index in [0.717, 1.165) is 27.7 Å². The molecule has 1 amide bonds. The summed E-state index contributed by atoms with van der Waals surface area (Å²) >= 11 is 0. The van der Waals surface area contributed by atoms with E-state index in [-0.39, 0.29) is 47.2 Å². The topological polar surface area (TPSA) is 226 Å². The summed E-state index contributed by atoms with van der Waals surface area (Å²) in [7, 11) is 0. The first kappa shape index (κ1) is 42.8. The number of ether oxygens (including phenoxy) is 1. The Morgan fingerprint density at radius 1 is 0.811 bits per heavy atom. The van der Waals surface area contributed by atoms with Gasteiger partial charge in [-0.15, -0.1) is 0 Å². The van der Waals surface area contributed by atoms with E-state index in [1.54, 1.807) is 0 Å². The lowest BCUT2D eigenvalue weighted by Crippen LogP contribution is -2.49. The van der Waals surface area contributed by atoms with Gasteiger partial charge in [-0.05, 0) is 71.3 Å². The zero-order valence-electron chi connectivity index (χ0n) is 33.5. The first-order valence-electron chi connectivity index (χ1n) is 18.6. The van der Waals surface area contributed by atoms with Crippen LogP contribution >= 0.6 is 0 Å². The van der Waals surface area contributed by atoms with Gasteiger partial charge in [-0.2, -0.15) is 0 Å². The summed E-state index contributed by atoms with van der Waals surface area (Å²) in [6, 6.07) is 13.1. The van der Waals surface area contributed by atoms with Gasteiger partial charge in [0.05, 0.1) is 11.5 Å². The SMILES string of the molecule is CC(C)(C)c1cc(C(C)(C)C)c2c(CC(N)C(=O)NCC(CCCN=C(N)N)(CCCN=C(N)N)C(=O)OCc3ccccc3)c(C(C)(C)C)[nH]c2c1. The van der Waals surface area contributed by atoms with Crippen LogP contribution in [0.4, 0.5) is 0 Å². The number of aromatic amines is 1. The maximum Gasteiger partial charge on any atom is 0.314 e. The number of nitrogens with two attached hydrogens (primary N) is 5. The summed E-state index contributed by atoms with van der Waals surface area (Å²) in [5.74, 6) is -0.881. The molecular weight excluding hydrogens is 667 g/mol. The molecular formula is C41H65N9O3. The summed E-state index contributed by atoms with van der Waals surface area (Å²) in [6.45, 7) is 20.5. The number of H-pyrrole nitrogens is 1. The Kier molecular flexibility index (Phi) is 14.1. The number of hydrogen-bond donors (Lipinski definition) is 7. The van der Waals surface area contributed by atoms with E-state index < -0.39 is 17.4 Å². The molecule has 0 spiro atoms. The van der Waals surface area contributed by atoms with Crippen molar-refractivity contribution in [3.05, 3.63) is 70.4 Å². The van der Waals surface area contributed by atoms with Gasteiger partial charge in [0.25, 0.3) is 0 Å². The molecule has 1 atom stereocenters. The van der Waals surface area contributed by atoms with E-state index in [0.29, 0.717) is 45.2 Å². The minimum absolute atomic E-state index is 0.000996. The van der Waals surface area contributed by atoms with Crippen LogP contribution in [0.5, 0.6) is 0 Å². The lowest BCUT2D eigenvalue weighted by Gasteiger charge is -2.32. The molecule has 3 aromatic rings. The number of guanidine groups is 2. The van der Waals surface area contributed by atoms with Crippen LogP contribution in [-0.4, -0.2) is 54.5 Å². The van der Waals surface area contributed by atoms with E-state index in [9.17, 15) is 9.59 Å². The minimum atomic E-state index is -1.12. The molecule has 0 saturated carbocycles. The molecule has 3 rings (SSSR count). The van der Waals surface area contributed by atoms with Gasteiger partial charge in [0.2, 0.25) is 5.91 Å². The van der Waals surface area contributed by atoms with E-state index in [4.69, 9.17) is 33.4 Å². The molecule has 1 unspecified atom stereocenters. The van der Waals surface area contributed by atoms with Crippen molar-refractivity contribution < 1.29 is 14.3 Å². The van der Waals surface area contributed by atoms with Crippen molar-refractivity contribution in [1.82, 2.24) is 10.3 Å². The number of nitrogens with one attached hydrogen (secondary N) is 2. The lowest BCUT2D eigenvalue weighted by molar-refractivity contribution is -0.158. The first-order valence-corrected chi connectivity index (χ1v) is 18.6. The molecule has 0 aliphatic rings. The molecule has 0 saturated heterocycles. The van der Waals surface area contributed by atoms with Crippen LogP contribution in [0.1, 0.15) is 116 Å². The molecule has 12 heteroatoms. The van der Waals surface area contributed by atoms with Gasteiger partial charge in [-0.3, -0.25) is 19.6 Å². The summed E-state index contributed by atoms with van der Waals surface area (Å²) in [5, 5.41) is 4.16. The maximum atomic E-state index is 14.1. The third-order valence-electron chi connectivity index (χ3n) is 9.65. The average molecular weight is 732 g/mol. The number of esters is 1. The second-order valence-corrected chi connectivity index (χ2v) is 17.4. The number of nitrogens with zero attached hydrogens (tertiary/aromatic N) is 2. The normalized spacial score (nSPS) is 13.0. The van der Waals surface area contributed by atoms with Gasteiger partial charge < -0.3 is 43.7 Å². The van der Waals surface area contributed by atoms with Gasteiger partial charge >= 0.3 is 5.97 Å². The highest BCUT2D eigenvalue weighted by atomic mass is 16.5. The van der Waals surface area contributed by atoms with Crippen LogP contribution in [0, 0.1) is 5.41 Å². The molecule has 0 bridgehead atoms. The van der Waals surface area contributed by atoms with Gasteiger partial charge in [0, 0.05) is 41.6 Å². The fraction of sp³-hybridized carbons (Fsp3) is 0.561.